The Morgan fingerprint density at radius 3 is 2.48 bits per heavy atom. The molecule has 1 heterocycles. The van der Waals surface area contributed by atoms with Crippen LogP contribution in [0.2, 0.25) is 0 Å². The molecular formula is C14H15F2N3O2. The van der Waals surface area contributed by atoms with Crippen LogP contribution in [-0.4, -0.2) is 9.13 Å². The number of aromatic nitrogens is 2. The van der Waals surface area contributed by atoms with Gasteiger partial charge in [0.15, 0.2) is 0 Å². The monoisotopic (exact) mass is 295 g/mol. The highest BCUT2D eigenvalue weighted by molar-refractivity contribution is 5.18. The zero-order valence-corrected chi connectivity index (χ0v) is 11.7. The Balaban J connectivity index is 2.13. The van der Waals surface area contributed by atoms with Crippen LogP contribution in [0.4, 0.5) is 8.78 Å². The molecule has 0 bridgehead atoms. The molecule has 0 saturated carbocycles. The molecular weight excluding hydrogens is 280 g/mol. The molecule has 0 aliphatic heterocycles. The largest absolute Gasteiger partial charge is 0.330 e. The first-order valence-electron chi connectivity index (χ1n) is 6.30. The number of hydrogen-bond acceptors (Lipinski definition) is 3. The number of aryl methyl sites for hydroxylation is 1. The van der Waals surface area contributed by atoms with Crippen LogP contribution in [0.5, 0.6) is 0 Å². The Kier molecular flexibility index (Phi) is 4.32. The maximum atomic E-state index is 13.4. The first-order valence-corrected chi connectivity index (χ1v) is 6.30. The second-order valence-corrected chi connectivity index (χ2v) is 4.75. The van der Waals surface area contributed by atoms with Crippen molar-refractivity contribution in [2.24, 2.45) is 14.1 Å². The summed E-state index contributed by atoms with van der Waals surface area (Å²) in [7, 11) is 2.93. The minimum Gasteiger partial charge on any atom is -0.308 e. The van der Waals surface area contributed by atoms with E-state index in [1.54, 1.807) is 0 Å². The Hall–Kier alpha value is -2.28. The zero-order valence-electron chi connectivity index (χ0n) is 11.7. The van der Waals surface area contributed by atoms with E-state index in [1.165, 1.54) is 24.9 Å². The van der Waals surface area contributed by atoms with Gasteiger partial charge in [-0.2, -0.15) is 0 Å². The molecule has 1 aromatic heterocycles. The highest BCUT2D eigenvalue weighted by Gasteiger charge is 2.08. The lowest BCUT2D eigenvalue weighted by molar-refractivity contribution is 0.565. The van der Waals surface area contributed by atoms with Crippen LogP contribution in [0.25, 0.3) is 0 Å². The van der Waals surface area contributed by atoms with E-state index in [0.29, 0.717) is 5.56 Å². The molecule has 0 atom stereocenters. The zero-order chi connectivity index (χ0) is 15.6. The van der Waals surface area contributed by atoms with Gasteiger partial charge in [-0.15, -0.1) is 0 Å². The van der Waals surface area contributed by atoms with Crippen LogP contribution in [-0.2, 0) is 27.2 Å². The lowest BCUT2D eigenvalue weighted by Gasteiger charge is -2.08. The summed E-state index contributed by atoms with van der Waals surface area (Å²) < 4.78 is 28.8. The van der Waals surface area contributed by atoms with E-state index in [0.717, 1.165) is 22.8 Å². The summed E-state index contributed by atoms with van der Waals surface area (Å²) in [5, 5.41) is 2.87. The number of rotatable bonds is 4. The van der Waals surface area contributed by atoms with Gasteiger partial charge in [-0.25, -0.2) is 13.6 Å². The van der Waals surface area contributed by atoms with Crippen molar-refractivity contribution in [3.63, 3.8) is 0 Å². The fourth-order valence-electron chi connectivity index (χ4n) is 2.01. The lowest BCUT2D eigenvalue weighted by atomic mass is 10.2. The summed E-state index contributed by atoms with van der Waals surface area (Å²) in [6, 6.07) is 3.19. The Labute approximate surface area is 119 Å². The van der Waals surface area contributed by atoms with Gasteiger partial charge in [-0.05, 0) is 18.2 Å². The number of nitrogens with one attached hydrogen (secondary N) is 1. The molecule has 0 amide bonds. The summed E-state index contributed by atoms with van der Waals surface area (Å²) in [6.45, 7) is 0.229. The topological polar surface area (TPSA) is 56.0 Å². The van der Waals surface area contributed by atoms with E-state index < -0.39 is 22.9 Å². The first-order chi connectivity index (χ1) is 9.90. The van der Waals surface area contributed by atoms with Gasteiger partial charge in [-0.1, -0.05) is 0 Å². The molecule has 112 valence electrons. The van der Waals surface area contributed by atoms with Gasteiger partial charge in [0, 0.05) is 44.5 Å². The predicted octanol–water partition coefficient (Wildman–Crippen LogP) is 0.652. The highest BCUT2D eigenvalue weighted by atomic mass is 19.1. The van der Waals surface area contributed by atoms with E-state index in [4.69, 9.17) is 0 Å². The maximum absolute atomic E-state index is 13.4. The third-order valence-corrected chi connectivity index (χ3v) is 3.16. The molecule has 1 N–H and O–H groups in total. The Morgan fingerprint density at radius 1 is 1.10 bits per heavy atom. The molecule has 0 aliphatic carbocycles. The maximum Gasteiger partial charge on any atom is 0.330 e. The molecule has 5 nitrogen and oxygen atoms in total. The van der Waals surface area contributed by atoms with Crippen molar-refractivity contribution in [2.75, 3.05) is 0 Å². The van der Waals surface area contributed by atoms with Crippen LogP contribution >= 0.6 is 0 Å². The van der Waals surface area contributed by atoms with Crippen molar-refractivity contribution >= 4 is 0 Å². The number of halogens is 2. The first kappa shape index (κ1) is 15.1. The van der Waals surface area contributed by atoms with Gasteiger partial charge in [0.25, 0.3) is 5.56 Å². The molecule has 21 heavy (non-hydrogen) atoms. The predicted molar refractivity (Wildman–Crippen MR) is 73.8 cm³/mol. The molecule has 0 aliphatic rings. The molecule has 0 fully saturated rings. The molecule has 2 rings (SSSR count). The van der Waals surface area contributed by atoms with Crippen molar-refractivity contribution in [1.29, 1.82) is 0 Å². The van der Waals surface area contributed by atoms with Crippen molar-refractivity contribution < 1.29 is 8.78 Å². The minimum absolute atomic E-state index is 0.0790. The van der Waals surface area contributed by atoms with Crippen molar-refractivity contribution in [3.05, 3.63) is 68.0 Å². The number of nitrogens with zero attached hydrogens (tertiary/aromatic N) is 2. The minimum atomic E-state index is -0.522. The molecule has 7 heteroatoms. The van der Waals surface area contributed by atoms with Gasteiger partial charge < -0.3 is 9.88 Å². The van der Waals surface area contributed by atoms with Gasteiger partial charge in [0.2, 0.25) is 0 Å². The normalized spacial score (nSPS) is 10.9. The van der Waals surface area contributed by atoms with E-state index >= 15 is 0 Å². The summed E-state index contributed by atoms with van der Waals surface area (Å²) in [6.07, 6.45) is 1.43. The molecule has 2 aromatic rings. The average Bonchev–Trinajstić information content (AvgIpc) is 2.45. The standard InChI is InChI=1S/C14H15F2N3O2/c1-18-8-10(13(20)19(2)14(18)21)7-17-6-9-5-11(15)3-4-12(9)16/h3-5,8,17H,6-7H2,1-2H3. The third-order valence-electron chi connectivity index (χ3n) is 3.16. The fourth-order valence-corrected chi connectivity index (χ4v) is 2.01. The number of hydrogen-bond donors (Lipinski definition) is 1. The van der Waals surface area contributed by atoms with Crippen LogP contribution in [0.3, 0.4) is 0 Å². The summed E-state index contributed by atoms with van der Waals surface area (Å²) in [5.74, 6) is -1.04. The summed E-state index contributed by atoms with van der Waals surface area (Å²) >= 11 is 0. The molecule has 1 aromatic carbocycles. The SMILES string of the molecule is Cn1cc(CNCc2cc(F)ccc2F)c(=O)n(C)c1=O. The Bertz CT molecular complexity index is 781. The quantitative estimate of drug-likeness (QED) is 0.901. The van der Waals surface area contributed by atoms with E-state index in [-0.39, 0.29) is 18.7 Å². The molecule has 0 spiro atoms. The van der Waals surface area contributed by atoms with Crippen molar-refractivity contribution in [3.8, 4) is 0 Å². The summed E-state index contributed by atoms with van der Waals surface area (Å²) in [5.41, 5.74) is -0.279. The van der Waals surface area contributed by atoms with Crippen LogP contribution < -0.4 is 16.6 Å². The molecule has 0 radical (unpaired) electrons. The average molecular weight is 295 g/mol. The second kappa shape index (κ2) is 6.01. The van der Waals surface area contributed by atoms with Gasteiger partial charge >= 0.3 is 5.69 Å². The van der Waals surface area contributed by atoms with E-state index in [1.807, 2.05) is 0 Å². The molecule has 0 saturated heterocycles. The smallest absolute Gasteiger partial charge is 0.308 e. The Morgan fingerprint density at radius 2 is 1.76 bits per heavy atom. The second-order valence-electron chi connectivity index (χ2n) is 4.75. The highest BCUT2D eigenvalue weighted by Crippen LogP contribution is 2.09. The van der Waals surface area contributed by atoms with Crippen molar-refractivity contribution in [1.82, 2.24) is 14.5 Å². The van der Waals surface area contributed by atoms with Crippen LogP contribution in [0.15, 0.2) is 34.0 Å². The fraction of sp³-hybridized carbons (Fsp3) is 0.286. The van der Waals surface area contributed by atoms with Crippen LogP contribution in [0, 0.1) is 11.6 Å². The molecule has 0 unspecified atom stereocenters. The third kappa shape index (κ3) is 3.25. The number of benzene rings is 1. The van der Waals surface area contributed by atoms with E-state index in [2.05, 4.69) is 5.32 Å². The van der Waals surface area contributed by atoms with E-state index in [9.17, 15) is 18.4 Å². The lowest BCUT2D eigenvalue weighted by Crippen LogP contribution is -2.39. The van der Waals surface area contributed by atoms with Gasteiger partial charge in [0.05, 0.1) is 0 Å². The van der Waals surface area contributed by atoms with Gasteiger partial charge in [-0.3, -0.25) is 9.36 Å². The van der Waals surface area contributed by atoms with Crippen molar-refractivity contribution in [2.45, 2.75) is 13.1 Å². The van der Waals surface area contributed by atoms with Crippen LogP contribution in [0.1, 0.15) is 11.1 Å². The van der Waals surface area contributed by atoms with Gasteiger partial charge in [0.1, 0.15) is 11.6 Å². The summed E-state index contributed by atoms with van der Waals surface area (Å²) in [4.78, 5) is 23.4.